The molecule has 1 unspecified atom stereocenters. The molecule has 7 heteroatoms. The van der Waals surface area contributed by atoms with Gasteiger partial charge in [-0.3, -0.25) is 10.1 Å². The number of hydrogen-bond donors (Lipinski definition) is 2. The Morgan fingerprint density at radius 3 is 2.89 bits per heavy atom. The number of nitro groups is 1. The summed E-state index contributed by atoms with van der Waals surface area (Å²) in [6.07, 6.45) is 0.186. The fourth-order valence-corrected chi connectivity index (χ4v) is 1.41. The molecule has 0 amide bonds. The lowest BCUT2D eigenvalue weighted by Gasteiger charge is -2.13. The van der Waals surface area contributed by atoms with E-state index in [1.165, 1.54) is 6.07 Å². The van der Waals surface area contributed by atoms with Crippen LogP contribution >= 0.6 is 0 Å². The van der Waals surface area contributed by atoms with Crippen molar-refractivity contribution in [3.63, 3.8) is 0 Å². The van der Waals surface area contributed by atoms with Crippen LogP contribution in [0.15, 0.2) is 18.2 Å². The van der Waals surface area contributed by atoms with Crippen molar-refractivity contribution < 1.29 is 19.2 Å². The maximum atomic E-state index is 13.4. The van der Waals surface area contributed by atoms with Crippen molar-refractivity contribution in [2.24, 2.45) is 0 Å². The number of nitrogens with zero attached hydrogens (tertiary/aromatic N) is 1. The highest BCUT2D eigenvalue weighted by atomic mass is 19.1. The number of hydrogen-bond acceptors (Lipinski definition) is 5. The highest BCUT2D eigenvalue weighted by Crippen LogP contribution is 2.22. The number of rotatable bonds is 8. The molecule has 1 aromatic rings. The molecule has 6 nitrogen and oxygen atoms in total. The summed E-state index contributed by atoms with van der Waals surface area (Å²) < 4.78 is 18.5. The van der Waals surface area contributed by atoms with Gasteiger partial charge in [-0.05, 0) is 19.0 Å². The Morgan fingerprint density at radius 1 is 1.58 bits per heavy atom. The first kappa shape index (κ1) is 15.3. The van der Waals surface area contributed by atoms with Crippen LogP contribution in [-0.2, 0) is 0 Å². The predicted octanol–water partition coefficient (Wildman–Crippen LogP) is 1.47. The van der Waals surface area contributed by atoms with Crippen molar-refractivity contribution in [2.45, 2.75) is 19.4 Å². The molecule has 0 aliphatic carbocycles. The van der Waals surface area contributed by atoms with Gasteiger partial charge in [0.1, 0.15) is 12.7 Å². The number of benzene rings is 1. The van der Waals surface area contributed by atoms with Crippen molar-refractivity contribution in [2.75, 3.05) is 19.7 Å². The van der Waals surface area contributed by atoms with E-state index in [1.807, 2.05) is 6.92 Å². The van der Waals surface area contributed by atoms with Crippen LogP contribution in [0.25, 0.3) is 0 Å². The molecule has 0 spiro atoms. The molecule has 1 rings (SSSR count). The first-order chi connectivity index (χ1) is 9.04. The van der Waals surface area contributed by atoms with E-state index in [1.54, 1.807) is 0 Å². The molecule has 1 atom stereocenters. The Labute approximate surface area is 110 Å². The minimum absolute atomic E-state index is 0.0779. The molecule has 19 heavy (non-hydrogen) atoms. The number of halogens is 1. The first-order valence-electron chi connectivity index (χ1n) is 6.00. The zero-order valence-electron chi connectivity index (χ0n) is 10.6. The van der Waals surface area contributed by atoms with Gasteiger partial charge in [-0.2, -0.15) is 0 Å². The van der Waals surface area contributed by atoms with Gasteiger partial charge < -0.3 is 15.2 Å². The zero-order chi connectivity index (χ0) is 14.3. The van der Waals surface area contributed by atoms with Gasteiger partial charge in [-0.1, -0.05) is 6.92 Å². The fraction of sp³-hybridized carbons (Fsp3) is 0.500. The van der Waals surface area contributed by atoms with E-state index >= 15 is 0 Å². The highest BCUT2D eigenvalue weighted by molar-refractivity contribution is 5.37. The summed E-state index contributed by atoms with van der Waals surface area (Å²) in [7, 11) is 0. The second-order valence-corrected chi connectivity index (χ2v) is 4.04. The lowest BCUT2D eigenvalue weighted by atomic mass is 10.3. The third kappa shape index (κ3) is 5.19. The van der Waals surface area contributed by atoms with Crippen LogP contribution in [0, 0.1) is 15.9 Å². The number of nitro benzene ring substituents is 1. The minimum Gasteiger partial charge on any atom is -0.488 e. The molecule has 0 heterocycles. The van der Waals surface area contributed by atoms with Crippen LogP contribution in [0.1, 0.15) is 13.3 Å². The van der Waals surface area contributed by atoms with Gasteiger partial charge in [-0.25, -0.2) is 4.39 Å². The third-order valence-electron chi connectivity index (χ3n) is 2.36. The van der Waals surface area contributed by atoms with E-state index in [9.17, 15) is 19.6 Å². The van der Waals surface area contributed by atoms with E-state index < -0.39 is 16.8 Å². The van der Waals surface area contributed by atoms with Gasteiger partial charge in [0, 0.05) is 12.6 Å². The maximum Gasteiger partial charge on any atom is 0.272 e. The average molecular weight is 272 g/mol. The van der Waals surface area contributed by atoms with Crippen molar-refractivity contribution in [3.8, 4) is 5.75 Å². The van der Waals surface area contributed by atoms with E-state index in [-0.39, 0.29) is 18.0 Å². The molecule has 0 aliphatic heterocycles. The molecule has 2 N–H and O–H groups in total. The fourth-order valence-electron chi connectivity index (χ4n) is 1.41. The van der Waals surface area contributed by atoms with Crippen molar-refractivity contribution in [3.05, 3.63) is 34.1 Å². The Kier molecular flexibility index (Phi) is 6.17. The van der Waals surface area contributed by atoms with Crippen LogP contribution in [0.5, 0.6) is 5.75 Å². The summed E-state index contributed by atoms with van der Waals surface area (Å²) in [4.78, 5) is 9.74. The summed E-state index contributed by atoms with van der Waals surface area (Å²) in [5.41, 5.74) is -0.338. The molecule has 0 saturated carbocycles. The lowest BCUT2D eigenvalue weighted by molar-refractivity contribution is -0.385. The number of nitrogens with one attached hydrogen (secondary N) is 1. The lowest BCUT2D eigenvalue weighted by Crippen LogP contribution is -2.31. The summed E-state index contributed by atoms with van der Waals surface area (Å²) in [6, 6.07) is 3.12. The molecule has 0 fully saturated rings. The van der Waals surface area contributed by atoms with Gasteiger partial charge in [0.25, 0.3) is 5.69 Å². The summed E-state index contributed by atoms with van der Waals surface area (Å²) in [5.74, 6) is -0.928. The van der Waals surface area contributed by atoms with Crippen molar-refractivity contribution in [1.82, 2.24) is 5.32 Å². The largest absolute Gasteiger partial charge is 0.488 e. The smallest absolute Gasteiger partial charge is 0.272 e. The van der Waals surface area contributed by atoms with Gasteiger partial charge >= 0.3 is 0 Å². The Bertz CT molecular complexity index is 428. The highest BCUT2D eigenvalue weighted by Gasteiger charge is 2.13. The quantitative estimate of drug-likeness (QED) is 0.425. The molecule has 0 aromatic heterocycles. The SMILES string of the molecule is CCCNCC(O)COc1ccc([N+](=O)[O-])cc1F. The Balaban J connectivity index is 2.47. The predicted molar refractivity (Wildman–Crippen MR) is 67.7 cm³/mol. The van der Waals surface area contributed by atoms with Crippen LogP contribution in [0.3, 0.4) is 0 Å². The van der Waals surface area contributed by atoms with Gasteiger partial charge in [0.2, 0.25) is 0 Å². The molecule has 0 radical (unpaired) electrons. The summed E-state index contributed by atoms with van der Waals surface area (Å²) in [5, 5.41) is 23.0. The van der Waals surface area contributed by atoms with Crippen LogP contribution in [-0.4, -0.2) is 35.8 Å². The van der Waals surface area contributed by atoms with Crippen LogP contribution < -0.4 is 10.1 Å². The second kappa shape index (κ2) is 7.65. The summed E-state index contributed by atoms with van der Waals surface area (Å²) in [6.45, 7) is 3.05. The molecule has 1 aromatic carbocycles. The van der Waals surface area contributed by atoms with E-state index in [0.29, 0.717) is 6.54 Å². The Morgan fingerprint density at radius 2 is 2.32 bits per heavy atom. The zero-order valence-corrected chi connectivity index (χ0v) is 10.6. The molecule has 0 aliphatic rings. The van der Waals surface area contributed by atoms with Crippen molar-refractivity contribution >= 4 is 5.69 Å². The first-order valence-corrected chi connectivity index (χ1v) is 6.00. The van der Waals surface area contributed by atoms with E-state index in [0.717, 1.165) is 25.1 Å². The third-order valence-corrected chi connectivity index (χ3v) is 2.36. The molecular formula is C12H17FN2O4. The number of ether oxygens (including phenoxy) is 1. The van der Waals surface area contributed by atoms with Gasteiger partial charge in [-0.15, -0.1) is 0 Å². The van der Waals surface area contributed by atoms with Gasteiger partial charge in [0.15, 0.2) is 11.6 Å². The number of aliphatic hydroxyl groups is 1. The Hall–Kier alpha value is -1.73. The topological polar surface area (TPSA) is 84.6 Å². The minimum atomic E-state index is -0.817. The van der Waals surface area contributed by atoms with Gasteiger partial charge in [0.05, 0.1) is 11.0 Å². The van der Waals surface area contributed by atoms with Crippen LogP contribution in [0.2, 0.25) is 0 Å². The monoisotopic (exact) mass is 272 g/mol. The number of non-ortho nitro benzene ring substituents is 1. The number of aliphatic hydroxyl groups excluding tert-OH is 1. The molecular weight excluding hydrogens is 255 g/mol. The average Bonchev–Trinajstić information content (AvgIpc) is 2.37. The maximum absolute atomic E-state index is 13.4. The van der Waals surface area contributed by atoms with E-state index in [2.05, 4.69) is 5.32 Å². The summed E-state index contributed by atoms with van der Waals surface area (Å²) >= 11 is 0. The molecule has 0 bridgehead atoms. The second-order valence-electron chi connectivity index (χ2n) is 4.04. The van der Waals surface area contributed by atoms with Crippen LogP contribution in [0.4, 0.5) is 10.1 Å². The van der Waals surface area contributed by atoms with E-state index in [4.69, 9.17) is 4.74 Å². The molecule has 0 saturated heterocycles. The normalized spacial score (nSPS) is 12.2. The standard InChI is InChI=1S/C12H17FN2O4/c1-2-5-14-7-10(16)8-19-12-4-3-9(15(17)18)6-11(12)13/h3-4,6,10,14,16H,2,5,7-8H2,1H3. The van der Waals surface area contributed by atoms with Crippen molar-refractivity contribution in [1.29, 1.82) is 0 Å². The molecule has 106 valence electrons.